The fourth-order valence-electron chi connectivity index (χ4n) is 4.27. The van der Waals surface area contributed by atoms with Gasteiger partial charge in [-0.3, -0.25) is 9.69 Å². The van der Waals surface area contributed by atoms with Gasteiger partial charge in [-0.1, -0.05) is 23.7 Å². The Kier molecular flexibility index (Phi) is 5.27. The molecule has 2 aromatic carbocycles. The molecule has 1 saturated heterocycles. The van der Waals surface area contributed by atoms with Crippen LogP contribution in [0.2, 0.25) is 0 Å². The predicted molar refractivity (Wildman–Crippen MR) is 107 cm³/mol. The summed E-state index contributed by atoms with van der Waals surface area (Å²) >= 11 is 0. The molecule has 1 atom stereocenters. The summed E-state index contributed by atoms with van der Waals surface area (Å²) in [4.78, 5) is 15.2. The van der Waals surface area contributed by atoms with Gasteiger partial charge in [0.05, 0.1) is 11.7 Å². The van der Waals surface area contributed by atoms with Crippen molar-refractivity contribution >= 4 is 16.8 Å². The molecule has 4 rings (SSSR count). The summed E-state index contributed by atoms with van der Waals surface area (Å²) in [5.41, 5.74) is 3.65. The lowest BCUT2D eigenvalue weighted by molar-refractivity contribution is 0.0761. The maximum atomic E-state index is 13.2. The van der Waals surface area contributed by atoms with Crippen molar-refractivity contribution < 1.29 is 13.7 Å². The summed E-state index contributed by atoms with van der Waals surface area (Å²) in [7, 11) is 0. The van der Waals surface area contributed by atoms with Crippen molar-refractivity contribution in [2.75, 3.05) is 13.1 Å². The largest absolute Gasteiger partial charge is 0.356 e. The molecule has 146 valence electrons. The number of hydrogen-bond acceptors (Lipinski definition) is 4. The van der Waals surface area contributed by atoms with E-state index in [0.29, 0.717) is 11.5 Å². The molecule has 1 fully saturated rings. The molecule has 0 N–H and O–H groups in total. The fraction of sp³-hybridized carbons (Fsp3) is 0.391. The third kappa shape index (κ3) is 3.59. The highest BCUT2D eigenvalue weighted by atomic mass is 19.1. The van der Waals surface area contributed by atoms with Crippen molar-refractivity contribution in [1.29, 1.82) is 0 Å². The molecule has 5 heteroatoms. The van der Waals surface area contributed by atoms with Crippen molar-refractivity contribution in [2.24, 2.45) is 0 Å². The number of fused-ring (bicyclic) bond motifs is 1. The summed E-state index contributed by atoms with van der Waals surface area (Å²) in [6.45, 7) is 5.80. The molecule has 2 heterocycles. The lowest BCUT2D eigenvalue weighted by atomic mass is 9.89. The lowest BCUT2D eigenvalue weighted by Gasteiger charge is -2.36. The zero-order valence-corrected chi connectivity index (χ0v) is 16.3. The van der Waals surface area contributed by atoms with Gasteiger partial charge in [0.1, 0.15) is 5.82 Å². The van der Waals surface area contributed by atoms with Gasteiger partial charge in [-0.2, -0.15) is 0 Å². The Morgan fingerprint density at radius 3 is 2.61 bits per heavy atom. The number of halogens is 1. The van der Waals surface area contributed by atoms with E-state index in [9.17, 15) is 9.18 Å². The van der Waals surface area contributed by atoms with Crippen LogP contribution in [0.5, 0.6) is 0 Å². The van der Waals surface area contributed by atoms with Gasteiger partial charge in [-0.15, -0.1) is 0 Å². The average molecular weight is 380 g/mol. The summed E-state index contributed by atoms with van der Waals surface area (Å²) in [5.74, 6) is 0.0988. The van der Waals surface area contributed by atoms with Crippen LogP contribution < -0.4 is 0 Å². The van der Waals surface area contributed by atoms with Crippen LogP contribution in [0.25, 0.3) is 11.0 Å². The van der Waals surface area contributed by atoms with Gasteiger partial charge in [0, 0.05) is 16.9 Å². The molecule has 0 saturated carbocycles. The summed E-state index contributed by atoms with van der Waals surface area (Å²) < 4.78 is 18.7. The quantitative estimate of drug-likeness (QED) is 0.577. The van der Waals surface area contributed by atoms with Gasteiger partial charge in [0.2, 0.25) is 0 Å². The molecule has 1 aromatic heterocycles. The zero-order valence-electron chi connectivity index (χ0n) is 16.3. The number of aromatic nitrogens is 1. The second-order valence-corrected chi connectivity index (χ2v) is 7.67. The minimum atomic E-state index is -0.319. The molecule has 0 bridgehead atoms. The van der Waals surface area contributed by atoms with Gasteiger partial charge in [0.25, 0.3) is 0 Å². The first kappa shape index (κ1) is 18.8. The molecule has 1 aliphatic rings. The third-order valence-corrected chi connectivity index (χ3v) is 5.83. The number of aryl methyl sites for hydroxylation is 1. The Hall–Kier alpha value is -2.53. The standard InChI is InChI=1S/C23H25FN2O2/c1-3-20(23(27)17-5-7-18(24)8-6-17)26-12-10-16(11-13-26)22-19-14-15(2)4-9-21(19)28-25-22/h4-9,14,16,20H,3,10-13H2,1-2H3. The van der Waals surface area contributed by atoms with Gasteiger partial charge < -0.3 is 4.52 Å². The number of hydrogen-bond donors (Lipinski definition) is 0. The Balaban J connectivity index is 1.47. The van der Waals surface area contributed by atoms with E-state index in [4.69, 9.17) is 4.52 Å². The highest BCUT2D eigenvalue weighted by Gasteiger charge is 2.31. The van der Waals surface area contributed by atoms with E-state index in [-0.39, 0.29) is 17.6 Å². The maximum absolute atomic E-state index is 13.2. The van der Waals surface area contributed by atoms with E-state index in [0.717, 1.165) is 49.0 Å². The summed E-state index contributed by atoms with van der Waals surface area (Å²) in [6.07, 6.45) is 2.64. The molecule has 4 nitrogen and oxygen atoms in total. The Morgan fingerprint density at radius 1 is 1.21 bits per heavy atom. The van der Waals surface area contributed by atoms with E-state index in [1.165, 1.54) is 17.7 Å². The van der Waals surface area contributed by atoms with Gasteiger partial charge >= 0.3 is 0 Å². The number of Topliss-reactive ketones (excluding diaryl/α,β-unsaturated/α-hetero) is 1. The predicted octanol–water partition coefficient (Wildman–Crippen LogP) is 5.12. The Bertz CT molecular complexity index is 972. The lowest BCUT2D eigenvalue weighted by Crippen LogP contribution is -2.45. The van der Waals surface area contributed by atoms with Gasteiger partial charge in [0.15, 0.2) is 11.4 Å². The molecule has 0 aliphatic carbocycles. The minimum Gasteiger partial charge on any atom is -0.356 e. The van der Waals surface area contributed by atoms with Crippen molar-refractivity contribution in [3.63, 3.8) is 0 Å². The number of piperidine rings is 1. The highest BCUT2D eigenvalue weighted by molar-refractivity contribution is 6.00. The maximum Gasteiger partial charge on any atom is 0.179 e. The Morgan fingerprint density at radius 2 is 1.93 bits per heavy atom. The molecule has 1 aliphatic heterocycles. The van der Waals surface area contributed by atoms with Crippen LogP contribution in [-0.2, 0) is 0 Å². The van der Waals surface area contributed by atoms with Crippen LogP contribution in [0.1, 0.15) is 53.7 Å². The van der Waals surface area contributed by atoms with E-state index in [2.05, 4.69) is 23.0 Å². The van der Waals surface area contributed by atoms with Gasteiger partial charge in [-0.05, 0) is 75.7 Å². The van der Waals surface area contributed by atoms with Crippen molar-refractivity contribution in [2.45, 2.75) is 45.1 Å². The monoisotopic (exact) mass is 380 g/mol. The van der Waals surface area contributed by atoms with Crippen LogP contribution in [0.3, 0.4) is 0 Å². The smallest absolute Gasteiger partial charge is 0.179 e. The fourth-order valence-corrected chi connectivity index (χ4v) is 4.27. The molecular weight excluding hydrogens is 355 g/mol. The molecule has 0 spiro atoms. The average Bonchev–Trinajstić information content (AvgIpc) is 3.12. The molecule has 3 aromatic rings. The number of nitrogens with zero attached hydrogens (tertiary/aromatic N) is 2. The first-order chi connectivity index (χ1) is 13.6. The zero-order chi connectivity index (χ0) is 19.7. The molecule has 28 heavy (non-hydrogen) atoms. The molecular formula is C23H25FN2O2. The SMILES string of the molecule is CCC(C(=O)c1ccc(F)cc1)N1CCC(c2noc3ccc(C)cc23)CC1. The summed E-state index contributed by atoms with van der Waals surface area (Å²) in [6, 6.07) is 11.8. The van der Waals surface area contributed by atoms with E-state index >= 15 is 0 Å². The van der Waals surface area contributed by atoms with E-state index < -0.39 is 0 Å². The number of carbonyl (C=O) groups is 1. The molecule has 0 amide bonds. The van der Waals surface area contributed by atoms with Crippen LogP contribution in [0, 0.1) is 12.7 Å². The normalized spacial score (nSPS) is 17.1. The van der Waals surface area contributed by atoms with Gasteiger partial charge in [-0.25, -0.2) is 4.39 Å². The second-order valence-electron chi connectivity index (χ2n) is 7.67. The first-order valence-corrected chi connectivity index (χ1v) is 9.96. The van der Waals surface area contributed by atoms with Crippen molar-refractivity contribution in [3.8, 4) is 0 Å². The number of rotatable bonds is 5. The number of likely N-dealkylation sites (tertiary alicyclic amines) is 1. The van der Waals surface area contributed by atoms with Crippen LogP contribution in [0.4, 0.5) is 4.39 Å². The summed E-state index contributed by atoms with van der Waals surface area (Å²) in [5, 5.41) is 5.45. The third-order valence-electron chi connectivity index (χ3n) is 5.83. The van der Waals surface area contributed by atoms with Crippen molar-refractivity contribution in [1.82, 2.24) is 10.1 Å². The molecule has 1 unspecified atom stereocenters. The highest BCUT2D eigenvalue weighted by Crippen LogP contribution is 2.34. The number of carbonyl (C=O) groups excluding carboxylic acids is 1. The van der Waals surface area contributed by atoms with E-state index in [1.807, 2.05) is 19.1 Å². The van der Waals surface area contributed by atoms with Crippen LogP contribution in [-0.4, -0.2) is 35.0 Å². The van der Waals surface area contributed by atoms with E-state index in [1.54, 1.807) is 12.1 Å². The van der Waals surface area contributed by atoms with Crippen LogP contribution >= 0.6 is 0 Å². The minimum absolute atomic E-state index is 0.0726. The Labute approximate surface area is 164 Å². The second kappa shape index (κ2) is 7.84. The molecule has 0 radical (unpaired) electrons. The number of ketones is 1. The topological polar surface area (TPSA) is 46.3 Å². The van der Waals surface area contributed by atoms with Crippen molar-refractivity contribution in [3.05, 3.63) is 65.1 Å². The first-order valence-electron chi connectivity index (χ1n) is 9.96. The van der Waals surface area contributed by atoms with Crippen LogP contribution in [0.15, 0.2) is 47.0 Å². The number of benzene rings is 2.